The van der Waals surface area contributed by atoms with Crippen molar-refractivity contribution in [3.63, 3.8) is 0 Å². The molecule has 0 bridgehead atoms. The topological polar surface area (TPSA) is 51.8 Å². The Hall–Kier alpha value is -7.21. The summed E-state index contributed by atoms with van der Waals surface area (Å²) in [5.41, 5.74) is 13.2. The van der Waals surface area contributed by atoms with Crippen molar-refractivity contribution in [3.05, 3.63) is 188 Å². The lowest BCUT2D eigenvalue weighted by molar-refractivity contribution is 0.670. The van der Waals surface area contributed by atoms with Crippen LogP contribution in [-0.4, -0.2) is 15.0 Å². The summed E-state index contributed by atoms with van der Waals surface area (Å²) in [6.07, 6.45) is 3.69. The number of furan rings is 1. The maximum absolute atomic E-state index is 6.76. The zero-order valence-corrected chi connectivity index (χ0v) is 30.9. The molecule has 0 fully saturated rings. The number of hydrogen-bond acceptors (Lipinski definition) is 5. The van der Waals surface area contributed by atoms with Crippen LogP contribution in [0, 0.1) is 0 Å². The van der Waals surface area contributed by atoms with Crippen molar-refractivity contribution >= 4 is 53.4 Å². The highest BCUT2D eigenvalue weighted by Crippen LogP contribution is 2.46. The van der Waals surface area contributed by atoms with Gasteiger partial charge in [0.05, 0.1) is 11.4 Å². The highest BCUT2D eigenvalue weighted by atomic mass is 32.1. The molecule has 0 unspecified atom stereocenters. The molecule has 7 aromatic carbocycles. The van der Waals surface area contributed by atoms with E-state index in [1.165, 1.54) is 25.7 Å². The van der Waals surface area contributed by atoms with Crippen LogP contribution in [0.3, 0.4) is 0 Å². The van der Waals surface area contributed by atoms with Crippen LogP contribution in [0.5, 0.6) is 0 Å². The highest BCUT2D eigenvalue weighted by Gasteiger charge is 2.20. The summed E-state index contributed by atoms with van der Waals surface area (Å²) in [4.78, 5) is 14.5. The van der Waals surface area contributed by atoms with Crippen LogP contribution in [0.2, 0.25) is 0 Å². The summed E-state index contributed by atoms with van der Waals surface area (Å²) in [5.74, 6) is 0.685. The SMILES string of the molecule is c1ccc(-c2nc(-c3ccc(-c4ccc(-c5cccc6sc7ccccc7c56)c5oc6ccccc6c45)cc3)cc(-c3cccc(-c4cccnc4)c3)n2)cc1. The Labute approximate surface area is 327 Å². The molecule has 4 aromatic heterocycles. The summed E-state index contributed by atoms with van der Waals surface area (Å²) in [6.45, 7) is 0. The molecular weight excluding hydrogens is 703 g/mol. The molecule has 56 heavy (non-hydrogen) atoms. The Morgan fingerprint density at radius 3 is 1.95 bits per heavy atom. The van der Waals surface area contributed by atoms with E-state index in [2.05, 4.69) is 151 Å². The predicted octanol–water partition coefficient (Wildman–Crippen LogP) is 14.1. The quantitative estimate of drug-likeness (QED) is 0.171. The summed E-state index contributed by atoms with van der Waals surface area (Å²) >= 11 is 1.84. The van der Waals surface area contributed by atoms with Gasteiger partial charge in [0.25, 0.3) is 0 Å². The zero-order chi connectivity index (χ0) is 37.0. The molecule has 4 heterocycles. The predicted molar refractivity (Wildman–Crippen MR) is 233 cm³/mol. The van der Waals surface area contributed by atoms with Gasteiger partial charge in [-0.2, -0.15) is 0 Å². The molecule has 0 saturated carbocycles. The van der Waals surface area contributed by atoms with Crippen molar-refractivity contribution in [1.82, 2.24) is 15.0 Å². The van der Waals surface area contributed by atoms with Crippen molar-refractivity contribution < 1.29 is 4.42 Å². The van der Waals surface area contributed by atoms with Crippen molar-refractivity contribution in [1.29, 1.82) is 0 Å². The average molecular weight is 734 g/mol. The third kappa shape index (κ3) is 5.48. The first kappa shape index (κ1) is 32.2. The smallest absolute Gasteiger partial charge is 0.160 e. The van der Waals surface area contributed by atoms with Crippen LogP contribution in [0.4, 0.5) is 0 Å². The number of thiophene rings is 1. The number of pyridine rings is 1. The van der Waals surface area contributed by atoms with Crippen LogP contribution in [0.25, 0.3) is 109 Å². The van der Waals surface area contributed by atoms with Gasteiger partial charge in [-0.05, 0) is 64.7 Å². The van der Waals surface area contributed by atoms with E-state index in [1.807, 2.05) is 47.9 Å². The minimum Gasteiger partial charge on any atom is -0.455 e. The highest BCUT2D eigenvalue weighted by molar-refractivity contribution is 7.25. The number of hydrogen-bond donors (Lipinski definition) is 0. The normalized spacial score (nSPS) is 11.6. The van der Waals surface area contributed by atoms with Crippen LogP contribution >= 0.6 is 11.3 Å². The number of aromatic nitrogens is 3. The van der Waals surface area contributed by atoms with E-state index in [0.717, 1.165) is 77.8 Å². The molecule has 0 aliphatic carbocycles. The van der Waals surface area contributed by atoms with Crippen molar-refractivity contribution in [2.45, 2.75) is 0 Å². The molecule has 0 spiro atoms. The monoisotopic (exact) mass is 733 g/mol. The first-order valence-electron chi connectivity index (χ1n) is 18.7. The molecule has 262 valence electrons. The summed E-state index contributed by atoms with van der Waals surface area (Å²) in [5, 5.41) is 4.77. The van der Waals surface area contributed by atoms with E-state index in [1.54, 1.807) is 6.20 Å². The third-order valence-corrected chi connectivity index (χ3v) is 11.8. The van der Waals surface area contributed by atoms with Gasteiger partial charge in [0.2, 0.25) is 0 Å². The van der Waals surface area contributed by atoms with Crippen LogP contribution < -0.4 is 0 Å². The molecule has 11 rings (SSSR count). The fourth-order valence-corrected chi connectivity index (χ4v) is 9.08. The van der Waals surface area contributed by atoms with E-state index in [0.29, 0.717) is 5.82 Å². The number of nitrogens with zero attached hydrogens (tertiary/aromatic N) is 3. The van der Waals surface area contributed by atoms with Gasteiger partial charge in [-0.1, -0.05) is 133 Å². The van der Waals surface area contributed by atoms with Gasteiger partial charge < -0.3 is 4.42 Å². The summed E-state index contributed by atoms with van der Waals surface area (Å²) in [6, 6.07) is 61.7. The van der Waals surface area contributed by atoms with Crippen molar-refractivity contribution in [3.8, 4) is 67.3 Å². The number of fused-ring (bicyclic) bond motifs is 6. The van der Waals surface area contributed by atoms with Crippen LogP contribution in [0.1, 0.15) is 0 Å². The van der Waals surface area contributed by atoms with Gasteiger partial charge in [-0.25, -0.2) is 9.97 Å². The molecule has 0 aliphatic heterocycles. The fraction of sp³-hybridized carbons (Fsp3) is 0. The minimum absolute atomic E-state index is 0.685. The second-order valence-corrected chi connectivity index (χ2v) is 15.1. The molecular formula is C51H31N3OS. The van der Waals surface area contributed by atoms with Gasteiger partial charge >= 0.3 is 0 Å². The van der Waals surface area contributed by atoms with E-state index >= 15 is 0 Å². The fourth-order valence-electron chi connectivity index (χ4n) is 7.95. The second-order valence-electron chi connectivity index (χ2n) is 14.0. The lowest BCUT2D eigenvalue weighted by Crippen LogP contribution is -1.96. The van der Waals surface area contributed by atoms with Crippen LogP contribution in [0.15, 0.2) is 193 Å². The van der Waals surface area contributed by atoms with Gasteiger partial charge in [0.1, 0.15) is 11.2 Å². The van der Waals surface area contributed by atoms with E-state index in [4.69, 9.17) is 14.4 Å². The minimum atomic E-state index is 0.685. The Morgan fingerprint density at radius 2 is 1.09 bits per heavy atom. The molecule has 5 heteroatoms. The summed E-state index contributed by atoms with van der Waals surface area (Å²) in [7, 11) is 0. The van der Waals surface area contributed by atoms with Gasteiger partial charge in [0, 0.05) is 71.2 Å². The Kier molecular flexibility index (Phi) is 7.64. The lowest BCUT2D eigenvalue weighted by Gasteiger charge is -2.12. The molecule has 0 saturated heterocycles. The molecule has 0 aliphatic rings. The third-order valence-electron chi connectivity index (χ3n) is 10.6. The van der Waals surface area contributed by atoms with E-state index < -0.39 is 0 Å². The maximum Gasteiger partial charge on any atom is 0.160 e. The standard InChI is InChI=1S/C51H31N3OS/c1-2-11-34(12-3-1)51-53-43(30-44(54-51)36-14-8-13-35(29-36)37-15-10-28-52-31-37)33-24-22-32(23-25-33)38-26-27-40(50-49(38)41-16-4-6-19-45(41)55-50)39-18-9-21-47-48(39)42-17-5-7-20-46(42)56-47/h1-31H. The number of rotatable bonds is 6. The largest absolute Gasteiger partial charge is 0.455 e. The average Bonchev–Trinajstić information content (AvgIpc) is 3.86. The lowest BCUT2D eigenvalue weighted by atomic mass is 9.92. The summed E-state index contributed by atoms with van der Waals surface area (Å²) < 4.78 is 9.33. The molecule has 4 nitrogen and oxygen atoms in total. The maximum atomic E-state index is 6.76. The van der Waals surface area contributed by atoms with Crippen molar-refractivity contribution in [2.24, 2.45) is 0 Å². The molecule has 11 aromatic rings. The van der Waals surface area contributed by atoms with Gasteiger partial charge in [0.15, 0.2) is 5.82 Å². The second kappa shape index (κ2) is 13.3. The number of benzene rings is 7. The van der Waals surface area contributed by atoms with Crippen molar-refractivity contribution in [2.75, 3.05) is 0 Å². The number of para-hydroxylation sites is 1. The molecule has 0 radical (unpaired) electrons. The van der Waals surface area contributed by atoms with Gasteiger partial charge in [-0.15, -0.1) is 11.3 Å². The molecule has 0 N–H and O–H groups in total. The first-order chi connectivity index (χ1) is 27.7. The first-order valence-corrected chi connectivity index (χ1v) is 19.5. The van der Waals surface area contributed by atoms with Crippen LogP contribution in [-0.2, 0) is 0 Å². The molecule has 0 atom stereocenters. The Balaban J connectivity index is 1.04. The Morgan fingerprint density at radius 1 is 0.411 bits per heavy atom. The van der Waals surface area contributed by atoms with Gasteiger partial charge in [-0.3, -0.25) is 4.98 Å². The zero-order valence-electron chi connectivity index (χ0n) is 30.1. The molecule has 0 amide bonds. The van der Waals surface area contributed by atoms with E-state index in [-0.39, 0.29) is 0 Å². The van der Waals surface area contributed by atoms with E-state index in [9.17, 15) is 0 Å². The Bertz CT molecular complexity index is 3240.